The number of nitrogens with zero attached hydrogens (tertiary/aromatic N) is 2. The second-order valence-electron chi connectivity index (χ2n) is 5.18. The minimum absolute atomic E-state index is 0.233. The van der Waals surface area contributed by atoms with Gasteiger partial charge in [-0.05, 0) is 36.4 Å². The Kier molecular flexibility index (Phi) is 4.73. The first-order valence-electron chi connectivity index (χ1n) is 7.50. The van der Waals surface area contributed by atoms with Crippen LogP contribution in [0.15, 0.2) is 42.6 Å². The van der Waals surface area contributed by atoms with E-state index in [2.05, 4.69) is 15.2 Å². The van der Waals surface area contributed by atoms with Crippen molar-refractivity contribution in [2.75, 3.05) is 43.6 Å². The van der Waals surface area contributed by atoms with E-state index in [0.717, 1.165) is 37.7 Å². The molecule has 1 aromatic heterocycles. The van der Waals surface area contributed by atoms with Crippen molar-refractivity contribution in [1.29, 1.82) is 0 Å². The summed E-state index contributed by atoms with van der Waals surface area (Å²) in [6.45, 7) is 3.14. The summed E-state index contributed by atoms with van der Waals surface area (Å²) in [5.74, 6) is 0.514. The molecule has 120 valence electrons. The summed E-state index contributed by atoms with van der Waals surface area (Å²) in [6.07, 6.45) is 1.73. The summed E-state index contributed by atoms with van der Waals surface area (Å²) in [4.78, 5) is 18.7. The number of hydrogen-bond acceptors (Lipinski definition) is 5. The average Bonchev–Trinajstić information content (AvgIpc) is 2.63. The molecule has 6 nitrogen and oxygen atoms in total. The number of pyridine rings is 1. The van der Waals surface area contributed by atoms with E-state index in [9.17, 15) is 4.79 Å². The highest BCUT2D eigenvalue weighted by molar-refractivity contribution is 6.02. The van der Waals surface area contributed by atoms with Crippen molar-refractivity contribution in [1.82, 2.24) is 4.98 Å². The minimum Gasteiger partial charge on any atom is -0.497 e. The monoisotopic (exact) mass is 313 g/mol. The quantitative estimate of drug-likeness (QED) is 0.937. The van der Waals surface area contributed by atoms with E-state index in [0.29, 0.717) is 11.4 Å². The van der Waals surface area contributed by atoms with E-state index in [1.807, 2.05) is 6.07 Å². The van der Waals surface area contributed by atoms with Gasteiger partial charge in [-0.15, -0.1) is 0 Å². The van der Waals surface area contributed by atoms with Crippen LogP contribution >= 0.6 is 0 Å². The number of nitrogens with one attached hydrogen (secondary N) is 1. The van der Waals surface area contributed by atoms with Crippen LogP contribution in [-0.2, 0) is 4.74 Å². The second-order valence-corrected chi connectivity index (χ2v) is 5.18. The number of carbonyl (C=O) groups excluding carboxylic acids is 1. The maximum atomic E-state index is 12.2. The molecule has 1 aliphatic heterocycles. The molecule has 1 saturated heterocycles. The second kappa shape index (κ2) is 7.11. The van der Waals surface area contributed by atoms with Gasteiger partial charge in [-0.25, -0.2) is 4.98 Å². The highest BCUT2D eigenvalue weighted by Crippen LogP contribution is 2.17. The topological polar surface area (TPSA) is 63.7 Å². The van der Waals surface area contributed by atoms with Crippen molar-refractivity contribution in [3.8, 4) is 5.75 Å². The zero-order chi connectivity index (χ0) is 16.1. The molecule has 1 fully saturated rings. The number of benzene rings is 1. The van der Waals surface area contributed by atoms with Crippen LogP contribution in [0.5, 0.6) is 5.75 Å². The number of methoxy groups -OCH3 is 1. The molecule has 0 unspecified atom stereocenters. The van der Waals surface area contributed by atoms with Crippen molar-refractivity contribution in [2.45, 2.75) is 0 Å². The zero-order valence-corrected chi connectivity index (χ0v) is 13.0. The van der Waals surface area contributed by atoms with Gasteiger partial charge >= 0.3 is 0 Å². The summed E-state index contributed by atoms with van der Waals surface area (Å²) >= 11 is 0. The Morgan fingerprint density at radius 3 is 2.52 bits per heavy atom. The van der Waals surface area contributed by atoms with E-state index in [1.54, 1.807) is 43.6 Å². The van der Waals surface area contributed by atoms with Gasteiger partial charge < -0.3 is 19.7 Å². The maximum absolute atomic E-state index is 12.2. The van der Waals surface area contributed by atoms with Crippen molar-refractivity contribution in [2.24, 2.45) is 0 Å². The number of morpholine rings is 1. The molecule has 2 aromatic rings. The third-order valence-corrected chi connectivity index (χ3v) is 3.70. The summed E-state index contributed by atoms with van der Waals surface area (Å²) < 4.78 is 10.4. The molecule has 2 heterocycles. The molecule has 1 amide bonds. The smallest absolute Gasteiger partial charge is 0.274 e. The lowest BCUT2D eigenvalue weighted by atomic mass is 10.2. The normalized spacial score (nSPS) is 14.4. The first-order chi connectivity index (χ1) is 11.3. The summed E-state index contributed by atoms with van der Waals surface area (Å²) in [5.41, 5.74) is 2.10. The van der Waals surface area contributed by atoms with Crippen molar-refractivity contribution in [3.63, 3.8) is 0 Å². The largest absolute Gasteiger partial charge is 0.497 e. The van der Waals surface area contributed by atoms with Crippen LogP contribution in [0.25, 0.3) is 0 Å². The number of amides is 1. The SMILES string of the molecule is COc1ccc(NC(=O)c2ccc(N3CCOCC3)cn2)cc1. The van der Waals surface area contributed by atoms with Gasteiger partial charge in [0.2, 0.25) is 0 Å². The van der Waals surface area contributed by atoms with Crippen LogP contribution < -0.4 is 15.0 Å². The number of hydrogen-bond donors (Lipinski definition) is 1. The Labute approximate surface area is 135 Å². The lowest BCUT2D eigenvalue weighted by Gasteiger charge is -2.28. The van der Waals surface area contributed by atoms with Crippen LogP contribution in [0.2, 0.25) is 0 Å². The number of ether oxygens (including phenoxy) is 2. The van der Waals surface area contributed by atoms with Crippen molar-refractivity contribution >= 4 is 17.3 Å². The van der Waals surface area contributed by atoms with E-state index in [1.165, 1.54) is 0 Å². The van der Waals surface area contributed by atoms with E-state index < -0.39 is 0 Å². The average molecular weight is 313 g/mol. The van der Waals surface area contributed by atoms with Crippen LogP contribution in [0.1, 0.15) is 10.5 Å². The van der Waals surface area contributed by atoms with Gasteiger partial charge in [0.15, 0.2) is 0 Å². The van der Waals surface area contributed by atoms with E-state index in [4.69, 9.17) is 9.47 Å². The molecule has 0 atom stereocenters. The fourth-order valence-electron chi connectivity index (χ4n) is 2.40. The van der Waals surface area contributed by atoms with Gasteiger partial charge in [-0.1, -0.05) is 0 Å². The lowest BCUT2D eigenvalue weighted by Crippen LogP contribution is -2.36. The van der Waals surface area contributed by atoms with Crippen LogP contribution in [-0.4, -0.2) is 44.3 Å². The van der Waals surface area contributed by atoms with E-state index >= 15 is 0 Å². The molecule has 0 radical (unpaired) electrons. The summed E-state index contributed by atoms with van der Waals surface area (Å²) in [6, 6.07) is 10.8. The standard InChI is InChI=1S/C17H19N3O3/c1-22-15-5-2-13(3-6-15)19-17(21)16-7-4-14(12-18-16)20-8-10-23-11-9-20/h2-7,12H,8-11H2,1H3,(H,19,21). The van der Waals surface area contributed by atoms with Crippen molar-refractivity contribution < 1.29 is 14.3 Å². The van der Waals surface area contributed by atoms with Crippen molar-refractivity contribution in [3.05, 3.63) is 48.3 Å². The Hall–Kier alpha value is -2.60. The van der Waals surface area contributed by atoms with Crippen LogP contribution in [0.4, 0.5) is 11.4 Å². The minimum atomic E-state index is -0.233. The van der Waals surface area contributed by atoms with Gasteiger partial charge in [0, 0.05) is 18.8 Å². The molecule has 6 heteroatoms. The highest BCUT2D eigenvalue weighted by atomic mass is 16.5. The summed E-state index contributed by atoms with van der Waals surface area (Å²) in [7, 11) is 1.60. The Bertz CT molecular complexity index is 650. The Balaban J connectivity index is 1.64. The van der Waals surface area contributed by atoms with Gasteiger partial charge in [0.25, 0.3) is 5.91 Å². The fourth-order valence-corrected chi connectivity index (χ4v) is 2.40. The summed E-state index contributed by atoms with van der Waals surface area (Å²) in [5, 5.41) is 2.82. The van der Waals surface area contributed by atoms with E-state index in [-0.39, 0.29) is 5.91 Å². The Morgan fingerprint density at radius 1 is 1.17 bits per heavy atom. The molecule has 0 aliphatic carbocycles. The van der Waals surface area contributed by atoms with Gasteiger partial charge in [-0.3, -0.25) is 4.79 Å². The molecule has 0 bridgehead atoms. The number of aromatic nitrogens is 1. The first kappa shape index (κ1) is 15.3. The molecule has 23 heavy (non-hydrogen) atoms. The number of rotatable bonds is 4. The van der Waals surface area contributed by atoms with Crippen LogP contribution in [0, 0.1) is 0 Å². The third kappa shape index (κ3) is 3.78. The molecule has 1 aliphatic rings. The number of anilines is 2. The van der Waals surface area contributed by atoms with Gasteiger partial charge in [-0.2, -0.15) is 0 Å². The first-order valence-corrected chi connectivity index (χ1v) is 7.50. The predicted octanol–water partition coefficient (Wildman–Crippen LogP) is 2.18. The third-order valence-electron chi connectivity index (χ3n) is 3.70. The predicted molar refractivity (Wildman–Crippen MR) is 88.2 cm³/mol. The molecule has 1 aromatic carbocycles. The van der Waals surface area contributed by atoms with Crippen LogP contribution in [0.3, 0.4) is 0 Å². The molecule has 0 spiro atoms. The zero-order valence-electron chi connectivity index (χ0n) is 13.0. The molecule has 0 saturated carbocycles. The fraction of sp³-hybridized carbons (Fsp3) is 0.294. The Morgan fingerprint density at radius 2 is 1.91 bits per heavy atom. The lowest BCUT2D eigenvalue weighted by molar-refractivity contribution is 0.102. The van der Waals surface area contributed by atoms with Gasteiger partial charge in [0.05, 0.1) is 32.2 Å². The number of carbonyl (C=O) groups is 1. The molecular formula is C17H19N3O3. The molecular weight excluding hydrogens is 294 g/mol. The van der Waals surface area contributed by atoms with Gasteiger partial charge in [0.1, 0.15) is 11.4 Å². The maximum Gasteiger partial charge on any atom is 0.274 e. The molecule has 1 N–H and O–H groups in total. The molecule has 3 rings (SSSR count). The highest BCUT2D eigenvalue weighted by Gasteiger charge is 2.13.